The van der Waals surface area contributed by atoms with E-state index in [2.05, 4.69) is 17.0 Å². The number of carbonyl (C=O) groups excluding carboxylic acids is 1. The van der Waals surface area contributed by atoms with Gasteiger partial charge in [-0.05, 0) is 67.4 Å². The molecule has 3 aromatic rings. The minimum Gasteiger partial charge on any atom is -0.491 e. The summed E-state index contributed by atoms with van der Waals surface area (Å²) in [6.07, 6.45) is 2.66. The topological polar surface area (TPSA) is 42.0 Å². The summed E-state index contributed by atoms with van der Waals surface area (Å²) >= 11 is 6.47. The van der Waals surface area contributed by atoms with E-state index in [0.29, 0.717) is 36.1 Å². The third kappa shape index (κ3) is 5.21. The van der Waals surface area contributed by atoms with E-state index in [1.54, 1.807) is 4.90 Å². The molecular formula is C28H29ClN2O3. The van der Waals surface area contributed by atoms with E-state index < -0.39 is 6.10 Å². The Morgan fingerprint density at radius 1 is 0.882 bits per heavy atom. The van der Waals surface area contributed by atoms with Crippen molar-refractivity contribution in [3.05, 3.63) is 77.8 Å². The highest BCUT2D eigenvalue weighted by atomic mass is 35.5. The van der Waals surface area contributed by atoms with E-state index in [1.165, 1.54) is 12.8 Å². The normalized spacial score (nSPS) is 18.4. The van der Waals surface area contributed by atoms with Crippen LogP contribution in [0.4, 0.5) is 5.69 Å². The van der Waals surface area contributed by atoms with Crippen molar-refractivity contribution >= 4 is 23.2 Å². The maximum absolute atomic E-state index is 13.0. The number of nitrogens with zero attached hydrogens (tertiary/aromatic N) is 2. The predicted molar refractivity (Wildman–Crippen MR) is 136 cm³/mol. The lowest BCUT2D eigenvalue weighted by Gasteiger charge is -2.19. The first-order valence-electron chi connectivity index (χ1n) is 12.0. The molecule has 1 amide bonds. The molecule has 0 radical (unpaired) electrons. The van der Waals surface area contributed by atoms with Gasteiger partial charge in [0.1, 0.15) is 18.1 Å². The number of halogens is 1. The summed E-state index contributed by atoms with van der Waals surface area (Å²) in [4.78, 5) is 17.2. The summed E-state index contributed by atoms with van der Waals surface area (Å²) in [7, 11) is 0. The molecule has 34 heavy (non-hydrogen) atoms. The molecule has 2 aliphatic heterocycles. The summed E-state index contributed by atoms with van der Waals surface area (Å²) < 4.78 is 11.9. The first-order valence-corrected chi connectivity index (χ1v) is 12.3. The third-order valence-electron chi connectivity index (χ3n) is 6.49. The van der Waals surface area contributed by atoms with Crippen molar-refractivity contribution in [3.8, 4) is 22.6 Å². The smallest absolute Gasteiger partial charge is 0.268 e. The molecule has 3 aromatic carbocycles. The van der Waals surface area contributed by atoms with Crippen molar-refractivity contribution < 1.29 is 14.3 Å². The second kappa shape index (κ2) is 10.5. The zero-order valence-corrected chi connectivity index (χ0v) is 19.9. The molecule has 5 nitrogen and oxygen atoms in total. The van der Waals surface area contributed by atoms with Gasteiger partial charge in [-0.3, -0.25) is 9.69 Å². The number of benzene rings is 3. The fourth-order valence-electron chi connectivity index (χ4n) is 4.61. The second-order valence-corrected chi connectivity index (χ2v) is 9.19. The molecule has 2 fully saturated rings. The fraction of sp³-hybridized carbons (Fsp3) is 0.321. The minimum absolute atomic E-state index is 0.0501. The molecule has 2 saturated heterocycles. The highest BCUT2D eigenvalue weighted by molar-refractivity contribution is 6.32. The fourth-order valence-corrected chi connectivity index (χ4v) is 4.84. The zero-order valence-electron chi connectivity index (χ0n) is 19.2. The van der Waals surface area contributed by atoms with E-state index in [1.807, 2.05) is 60.7 Å². The lowest BCUT2D eigenvalue weighted by molar-refractivity contribution is -0.122. The molecule has 0 bridgehead atoms. The van der Waals surface area contributed by atoms with Crippen LogP contribution in [-0.4, -0.2) is 49.7 Å². The Morgan fingerprint density at radius 2 is 1.62 bits per heavy atom. The van der Waals surface area contributed by atoms with Crippen molar-refractivity contribution in [1.82, 2.24) is 4.90 Å². The van der Waals surface area contributed by atoms with E-state index >= 15 is 0 Å². The van der Waals surface area contributed by atoms with Gasteiger partial charge in [0.2, 0.25) is 0 Å². The van der Waals surface area contributed by atoms with Crippen LogP contribution in [0.25, 0.3) is 11.1 Å². The number of hydrogen-bond acceptors (Lipinski definition) is 4. The van der Waals surface area contributed by atoms with Crippen molar-refractivity contribution in [2.45, 2.75) is 25.4 Å². The first kappa shape index (κ1) is 22.8. The number of likely N-dealkylation sites (tertiary alicyclic amines) is 1. The molecule has 0 N–H and O–H groups in total. The Bertz CT molecular complexity index is 1110. The zero-order chi connectivity index (χ0) is 23.3. The molecule has 0 aliphatic carbocycles. The minimum atomic E-state index is -0.502. The molecule has 5 rings (SSSR count). The summed E-state index contributed by atoms with van der Waals surface area (Å²) in [6, 6.07) is 23.6. The van der Waals surface area contributed by atoms with Gasteiger partial charge in [0.05, 0.1) is 5.02 Å². The highest BCUT2D eigenvalue weighted by Gasteiger charge is 2.34. The van der Waals surface area contributed by atoms with Gasteiger partial charge < -0.3 is 14.4 Å². The summed E-state index contributed by atoms with van der Waals surface area (Å²) in [5, 5.41) is 0.521. The lowest BCUT2D eigenvalue weighted by Crippen LogP contribution is -2.32. The highest BCUT2D eigenvalue weighted by Crippen LogP contribution is 2.32. The summed E-state index contributed by atoms with van der Waals surface area (Å²) in [5.41, 5.74) is 3.04. The third-order valence-corrected chi connectivity index (χ3v) is 6.78. The van der Waals surface area contributed by atoms with E-state index in [0.717, 1.165) is 36.4 Å². The van der Waals surface area contributed by atoms with Gasteiger partial charge in [-0.15, -0.1) is 0 Å². The number of anilines is 1. The predicted octanol–water partition coefficient (Wildman–Crippen LogP) is 5.67. The molecule has 1 unspecified atom stereocenters. The van der Waals surface area contributed by atoms with Crippen molar-refractivity contribution in [3.63, 3.8) is 0 Å². The van der Waals surface area contributed by atoms with Gasteiger partial charge in [0.15, 0.2) is 6.10 Å². The molecule has 0 aromatic heterocycles. The monoisotopic (exact) mass is 476 g/mol. The number of amides is 1. The van der Waals surface area contributed by atoms with Crippen molar-refractivity contribution in [2.75, 3.05) is 37.7 Å². The van der Waals surface area contributed by atoms with Crippen LogP contribution < -0.4 is 14.4 Å². The van der Waals surface area contributed by atoms with Crippen LogP contribution in [0.3, 0.4) is 0 Å². The van der Waals surface area contributed by atoms with E-state index in [9.17, 15) is 4.79 Å². The molecule has 1 atom stereocenters. The van der Waals surface area contributed by atoms with Crippen molar-refractivity contribution in [2.24, 2.45) is 0 Å². The molecular weight excluding hydrogens is 448 g/mol. The van der Waals surface area contributed by atoms with Gasteiger partial charge in [0, 0.05) is 25.2 Å². The molecule has 0 saturated carbocycles. The molecule has 2 heterocycles. The second-order valence-electron chi connectivity index (χ2n) is 8.79. The summed E-state index contributed by atoms with van der Waals surface area (Å²) in [6.45, 7) is 4.41. The van der Waals surface area contributed by atoms with Gasteiger partial charge >= 0.3 is 0 Å². The van der Waals surface area contributed by atoms with Gasteiger partial charge in [0.25, 0.3) is 5.91 Å². The number of hydrogen-bond donors (Lipinski definition) is 0. The van der Waals surface area contributed by atoms with Crippen LogP contribution in [0.2, 0.25) is 5.02 Å². The maximum Gasteiger partial charge on any atom is 0.268 e. The van der Waals surface area contributed by atoms with Crippen LogP contribution in [-0.2, 0) is 4.79 Å². The Balaban J connectivity index is 1.17. The SMILES string of the molecule is O=C1C(Oc2ccc(-c3ccccc3)cc2)CCN1c1ccc(OCCN2CCCC2)c(Cl)c1. The van der Waals surface area contributed by atoms with Crippen molar-refractivity contribution in [1.29, 1.82) is 0 Å². The van der Waals surface area contributed by atoms with Gasteiger partial charge in [-0.2, -0.15) is 0 Å². The van der Waals surface area contributed by atoms with Crippen LogP contribution in [0.5, 0.6) is 11.5 Å². The Hall–Kier alpha value is -3.02. The Kier molecular flexibility index (Phi) is 7.02. The van der Waals surface area contributed by atoms with Crippen LogP contribution in [0.15, 0.2) is 72.8 Å². The van der Waals surface area contributed by atoms with Crippen LogP contribution >= 0.6 is 11.6 Å². The van der Waals surface area contributed by atoms with Gasteiger partial charge in [-0.25, -0.2) is 0 Å². The average Bonchev–Trinajstić information content (AvgIpc) is 3.51. The number of carbonyl (C=O) groups is 1. The number of rotatable bonds is 8. The van der Waals surface area contributed by atoms with E-state index in [4.69, 9.17) is 21.1 Å². The van der Waals surface area contributed by atoms with Gasteiger partial charge in [-0.1, -0.05) is 54.1 Å². The summed E-state index contributed by atoms with van der Waals surface area (Å²) in [5.74, 6) is 1.30. The lowest BCUT2D eigenvalue weighted by atomic mass is 10.1. The largest absolute Gasteiger partial charge is 0.491 e. The number of ether oxygens (including phenoxy) is 2. The standard InChI is InChI=1S/C28H29ClN2O3/c29-25-20-23(10-13-26(25)33-19-18-30-15-4-5-16-30)31-17-14-27(28(31)32)34-24-11-8-22(9-12-24)21-6-2-1-3-7-21/h1-3,6-13,20,27H,4-5,14-19H2. The average molecular weight is 477 g/mol. The van der Waals surface area contributed by atoms with Crippen LogP contribution in [0.1, 0.15) is 19.3 Å². The first-order chi connectivity index (χ1) is 16.7. The molecule has 6 heteroatoms. The Morgan fingerprint density at radius 3 is 2.35 bits per heavy atom. The molecule has 176 valence electrons. The quantitative estimate of drug-likeness (QED) is 0.420. The van der Waals surface area contributed by atoms with Crippen LogP contribution in [0, 0.1) is 0 Å². The Labute approximate surface area is 205 Å². The van der Waals surface area contributed by atoms with E-state index in [-0.39, 0.29) is 5.91 Å². The molecule has 0 spiro atoms. The molecule has 2 aliphatic rings. The maximum atomic E-state index is 13.0.